The fourth-order valence-corrected chi connectivity index (χ4v) is 1.93. The smallest absolute Gasteiger partial charge is 0.119 e. The Morgan fingerprint density at radius 1 is 1.21 bits per heavy atom. The summed E-state index contributed by atoms with van der Waals surface area (Å²) in [5.74, 6) is 0.946. The van der Waals surface area contributed by atoms with Gasteiger partial charge in [-0.25, -0.2) is 0 Å². The Morgan fingerprint density at radius 3 is 2.63 bits per heavy atom. The van der Waals surface area contributed by atoms with E-state index in [0.29, 0.717) is 12.7 Å². The van der Waals surface area contributed by atoms with E-state index in [4.69, 9.17) is 9.47 Å². The van der Waals surface area contributed by atoms with Gasteiger partial charge in [-0.2, -0.15) is 0 Å². The number of hydrogen-bond acceptors (Lipinski definition) is 2. The molecule has 0 aromatic heterocycles. The number of aryl methyl sites for hydroxylation is 1. The predicted octanol–water partition coefficient (Wildman–Crippen LogP) is 4.14. The SMILES string of the molecule is CCC/C=C/CCCc1ccc(OCC2CO2)cc1. The van der Waals surface area contributed by atoms with E-state index in [1.807, 2.05) is 0 Å². The molecule has 1 heterocycles. The van der Waals surface area contributed by atoms with Gasteiger partial charge in [0.2, 0.25) is 0 Å². The molecule has 104 valence electrons. The molecule has 1 saturated heterocycles. The first-order valence-corrected chi connectivity index (χ1v) is 7.37. The summed E-state index contributed by atoms with van der Waals surface area (Å²) in [5, 5.41) is 0. The molecule has 0 spiro atoms. The highest BCUT2D eigenvalue weighted by Crippen LogP contribution is 2.16. The van der Waals surface area contributed by atoms with Gasteiger partial charge in [0, 0.05) is 0 Å². The van der Waals surface area contributed by atoms with E-state index in [-0.39, 0.29) is 0 Å². The largest absolute Gasteiger partial charge is 0.491 e. The van der Waals surface area contributed by atoms with Crippen molar-refractivity contribution in [3.63, 3.8) is 0 Å². The molecule has 0 bridgehead atoms. The lowest BCUT2D eigenvalue weighted by Crippen LogP contribution is -2.03. The molecule has 1 unspecified atom stereocenters. The first-order valence-electron chi connectivity index (χ1n) is 7.37. The van der Waals surface area contributed by atoms with Gasteiger partial charge in [-0.1, -0.05) is 37.6 Å². The Morgan fingerprint density at radius 2 is 1.95 bits per heavy atom. The van der Waals surface area contributed by atoms with E-state index in [1.54, 1.807) is 0 Å². The monoisotopic (exact) mass is 260 g/mol. The maximum atomic E-state index is 5.62. The molecule has 0 aliphatic carbocycles. The molecule has 2 heteroatoms. The zero-order chi connectivity index (χ0) is 13.3. The third kappa shape index (κ3) is 5.93. The van der Waals surface area contributed by atoms with E-state index in [0.717, 1.165) is 18.8 Å². The topological polar surface area (TPSA) is 21.8 Å². The number of rotatable bonds is 9. The van der Waals surface area contributed by atoms with Crippen molar-refractivity contribution in [3.05, 3.63) is 42.0 Å². The number of hydrogen-bond donors (Lipinski definition) is 0. The lowest BCUT2D eigenvalue weighted by molar-refractivity contribution is 0.263. The van der Waals surface area contributed by atoms with Gasteiger partial charge < -0.3 is 9.47 Å². The number of allylic oxidation sites excluding steroid dienone is 2. The number of unbranched alkanes of at least 4 members (excludes halogenated alkanes) is 2. The summed E-state index contributed by atoms with van der Waals surface area (Å²) >= 11 is 0. The zero-order valence-corrected chi connectivity index (χ0v) is 11.8. The molecule has 1 aliphatic heterocycles. The van der Waals surface area contributed by atoms with Crippen molar-refractivity contribution in [3.8, 4) is 5.75 Å². The van der Waals surface area contributed by atoms with Crippen molar-refractivity contribution in [1.82, 2.24) is 0 Å². The summed E-state index contributed by atoms with van der Waals surface area (Å²) < 4.78 is 10.7. The minimum absolute atomic E-state index is 0.328. The second kappa shape index (κ2) is 8.00. The molecular formula is C17H24O2. The van der Waals surface area contributed by atoms with E-state index in [2.05, 4.69) is 43.3 Å². The highest BCUT2D eigenvalue weighted by molar-refractivity contribution is 5.27. The van der Waals surface area contributed by atoms with Crippen LogP contribution in [0, 0.1) is 0 Å². The summed E-state index contributed by atoms with van der Waals surface area (Å²) in [4.78, 5) is 0. The van der Waals surface area contributed by atoms with Gasteiger partial charge in [0.1, 0.15) is 18.5 Å². The molecule has 1 aliphatic rings. The Kier molecular flexibility index (Phi) is 5.96. The van der Waals surface area contributed by atoms with E-state index in [9.17, 15) is 0 Å². The summed E-state index contributed by atoms with van der Waals surface area (Å²) in [6.45, 7) is 3.74. The fourth-order valence-electron chi connectivity index (χ4n) is 1.93. The van der Waals surface area contributed by atoms with Crippen LogP contribution in [0.25, 0.3) is 0 Å². The van der Waals surface area contributed by atoms with Crippen molar-refractivity contribution in [1.29, 1.82) is 0 Å². The quantitative estimate of drug-likeness (QED) is 0.378. The highest BCUT2D eigenvalue weighted by Gasteiger charge is 2.22. The Balaban J connectivity index is 1.63. The summed E-state index contributed by atoms with van der Waals surface area (Å²) in [7, 11) is 0. The van der Waals surface area contributed by atoms with Crippen LogP contribution in [0.3, 0.4) is 0 Å². The van der Waals surface area contributed by atoms with Crippen molar-refractivity contribution in [2.45, 2.75) is 45.1 Å². The Bertz CT molecular complexity index is 377. The van der Waals surface area contributed by atoms with Crippen molar-refractivity contribution in [2.75, 3.05) is 13.2 Å². The van der Waals surface area contributed by atoms with Crippen molar-refractivity contribution in [2.24, 2.45) is 0 Å². The maximum Gasteiger partial charge on any atom is 0.119 e. The van der Waals surface area contributed by atoms with E-state index in [1.165, 1.54) is 31.2 Å². The summed E-state index contributed by atoms with van der Waals surface area (Å²) in [6.07, 6.45) is 10.9. The van der Waals surface area contributed by atoms with E-state index < -0.39 is 0 Å². The van der Waals surface area contributed by atoms with Crippen LogP contribution in [0.1, 0.15) is 38.2 Å². The minimum Gasteiger partial charge on any atom is -0.491 e. The van der Waals surface area contributed by atoms with Crippen LogP contribution in [0.2, 0.25) is 0 Å². The molecule has 0 amide bonds. The van der Waals surface area contributed by atoms with Gasteiger partial charge in [-0.05, 0) is 43.4 Å². The molecule has 0 N–H and O–H groups in total. The number of benzene rings is 1. The van der Waals surface area contributed by atoms with Crippen LogP contribution in [-0.4, -0.2) is 19.3 Å². The van der Waals surface area contributed by atoms with Gasteiger partial charge in [0.15, 0.2) is 0 Å². The summed E-state index contributed by atoms with van der Waals surface area (Å²) in [6, 6.07) is 8.45. The van der Waals surface area contributed by atoms with Gasteiger partial charge >= 0.3 is 0 Å². The van der Waals surface area contributed by atoms with Crippen LogP contribution in [-0.2, 0) is 11.2 Å². The third-order valence-corrected chi connectivity index (χ3v) is 3.22. The highest BCUT2D eigenvalue weighted by atomic mass is 16.6. The van der Waals surface area contributed by atoms with Crippen LogP contribution < -0.4 is 4.74 Å². The maximum absolute atomic E-state index is 5.62. The number of epoxide rings is 1. The fraction of sp³-hybridized carbons (Fsp3) is 0.529. The van der Waals surface area contributed by atoms with Gasteiger partial charge in [0.25, 0.3) is 0 Å². The minimum atomic E-state index is 0.328. The van der Waals surface area contributed by atoms with Gasteiger partial charge in [-0.15, -0.1) is 0 Å². The molecular weight excluding hydrogens is 236 g/mol. The number of ether oxygens (including phenoxy) is 2. The Hall–Kier alpha value is -1.28. The molecule has 1 fully saturated rings. The second-order valence-corrected chi connectivity index (χ2v) is 5.06. The molecule has 19 heavy (non-hydrogen) atoms. The molecule has 2 rings (SSSR count). The van der Waals surface area contributed by atoms with Crippen LogP contribution in [0.5, 0.6) is 5.75 Å². The van der Waals surface area contributed by atoms with Crippen LogP contribution in [0.4, 0.5) is 0 Å². The zero-order valence-electron chi connectivity index (χ0n) is 11.8. The average molecular weight is 260 g/mol. The van der Waals surface area contributed by atoms with Gasteiger partial charge in [-0.3, -0.25) is 0 Å². The first kappa shape index (κ1) is 14.1. The predicted molar refractivity (Wildman–Crippen MR) is 78.7 cm³/mol. The second-order valence-electron chi connectivity index (χ2n) is 5.06. The first-order chi connectivity index (χ1) is 9.38. The molecule has 2 nitrogen and oxygen atoms in total. The molecule has 0 radical (unpaired) electrons. The van der Waals surface area contributed by atoms with Crippen molar-refractivity contribution < 1.29 is 9.47 Å². The molecule has 1 aromatic rings. The average Bonchev–Trinajstić information content (AvgIpc) is 3.26. The van der Waals surface area contributed by atoms with E-state index >= 15 is 0 Å². The van der Waals surface area contributed by atoms with Crippen LogP contribution >= 0.6 is 0 Å². The Labute approximate surface area is 116 Å². The normalized spacial score (nSPS) is 17.8. The van der Waals surface area contributed by atoms with Crippen molar-refractivity contribution >= 4 is 0 Å². The molecule has 1 atom stereocenters. The third-order valence-electron chi connectivity index (χ3n) is 3.22. The molecule has 1 aromatic carbocycles. The standard InChI is InChI=1S/C17H24O2/c1-2-3-4-5-6-7-8-15-9-11-16(12-10-15)18-13-17-14-19-17/h4-5,9-12,17H,2-3,6-8,13-14H2,1H3/b5-4+. The summed E-state index contributed by atoms with van der Waals surface area (Å²) in [5.41, 5.74) is 1.39. The lowest BCUT2D eigenvalue weighted by atomic mass is 10.1. The van der Waals surface area contributed by atoms with Gasteiger partial charge in [0.05, 0.1) is 6.61 Å². The van der Waals surface area contributed by atoms with Crippen LogP contribution in [0.15, 0.2) is 36.4 Å². The molecule has 0 saturated carbocycles. The lowest BCUT2D eigenvalue weighted by Gasteiger charge is -2.05.